The van der Waals surface area contributed by atoms with Gasteiger partial charge in [-0.15, -0.1) is 0 Å². The summed E-state index contributed by atoms with van der Waals surface area (Å²) in [6.45, 7) is 2.21. The largest absolute Gasteiger partial charge is 0.480 e. The van der Waals surface area contributed by atoms with Crippen molar-refractivity contribution < 1.29 is 74.4 Å². The molecule has 5 N–H and O–H groups in total. The predicted octanol–water partition coefficient (Wildman–Crippen LogP) is -3.05. The average Bonchev–Trinajstić information content (AvgIpc) is 2.55. The number of carboxylic acid groups (broad SMARTS) is 3. The van der Waals surface area contributed by atoms with Crippen molar-refractivity contribution in [3.05, 3.63) is 0 Å². The average molecular weight is 561 g/mol. The fraction of sp³-hybridized carbons (Fsp3) is 0.750. The molecule has 0 saturated carbocycles. The molecule has 0 aromatic rings. The molecule has 1 aliphatic heterocycles. The summed E-state index contributed by atoms with van der Waals surface area (Å²) in [6, 6.07) is 0. The minimum Gasteiger partial charge on any atom is -0.480 e. The van der Waals surface area contributed by atoms with Gasteiger partial charge in [0.15, 0.2) is 0 Å². The number of rotatable bonds is 8. The first-order valence-electron chi connectivity index (χ1n) is 8.98. The van der Waals surface area contributed by atoms with E-state index in [4.69, 9.17) is 21.1 Å². The summed E-state index contributed by atoms with van der Waals surface area (Å²) in [6.07, 6.45) is 0. The van der Waals surface area contributed by atoms with Crippen LogP contribution < -0.4 is 5.73 Å². The van der Waals surface area contributed by atoms with Crippen molar-refractivity contribution in [1.82, 2.24) is 19.6 Å². The van der Waals surface area contributed by atoms with Crippen molar-refractivity contribution in [2.75, 3.05) is 78.5 Å². The second kappa shape index (κ2) is 14.9. The number of carbonyl (C=O) groups excluding carboxylic acids is 1. The number of primary amides is 1. The van der Waals surface area contributed by atoms with Gasteiger partial charge in [0.1, 0.15) is 0 Å². The van der Waals surface area contributed by atoms with Crippen LogP contribution in [0.15, 0.2) is 0 Å². The molecule has 1 heterocycles. The van der Waals surface area contributed by atoms with Gasteiger partial charge in [-0.3, -0.25) is 38.8 Å². The minimum atomic E-state index is -1.01. The molecule has 0 bridgehead atoms. The van der Waals surface area contributed by atoms with Crippen LogP contribution in [0.25, 0.3) is 0 Å². The first kappa shape index (κ1) is 28.0. The number of hydrogen-bond acceptors (Lipinski definition) is 8. The van der Waals surface area contributed by atoms with Crippen LogP contribution in [0.5, 0.6) is 0 Å². The van der Waals surface area contributed by atoms with Crippen LogP contribution in [0, 0.1) is 39.9 Å². The summed E-state index contributed by atoms with van der Waals surface area (Å²) < 4.78 is 0. The molecule has 0 aliphatic carbocycles. The van der Waals surface area contributed by atoms with Crippen LogP contribution in [-0.2, 0) is 19.2 Å². The monoisotopic (exact) mass is 561 g/mol. The quantitative estimate of drug-likeness (QED) is 0.238. The molecule has 0 atom stereocenters. The van der Waals surface area contributed by atoms with Gasteiger partial charge in [-0.25, -0.2) is 0 Å². The van der Waals surface area contributed by atoms with Crippen LogP contribution in [0.1, 0.15) is 0 Å². The summed E-state index contributed by atoms with van der Waals surface area (Å²) in [5.74, 6) is -3.51. The fourth-order valence-corrected chi connectivity index (χ4v) is 3.01. The third-order valence-electron chi connectivity index (χ3n) is 4.39. The molecule has 0 unspecified atom stereocenters. The van der Waals surface area contributed by atoms with E-state index in [-0.39, 0.29) is 66.1 Å². The third kappa shape index (κ3) is 13.8. The van der Waals surface area contributed by atoms with Gasteiger partial charge in [0.05, 0.1) is 26.2 Å². The van der Waals surface area contributed by atoms with Gasteiger partial charge >= 0.3 is 17.9 Å². The van der Waals surface area contributed by atoms with Crippen molar-refractivity contribution in [3.63, 3.8) is 0 Å². The maximum atomic E-state index is 11.3. The molecule has 1 amide bonds. The van der Waals surface area contributed by atoms with Gasteiger partial charge in [0, 0.05) is 92.3 Å². The number of nitrogens with zero attached hydrogens (tertiary/aromatic N) is 4. The van der Waals surface area contributed by atoms with E-state index in [1.165, 1.54) is 0 Å². The normalized spacial score (nSPS) is 18.8. The molecule has 168 valence electrons. The maximum absolute atomic E-state index is 11.3. The van der Waals surface area contributed by atoms with Crippen molar-refractivity contribution in [3.8, 4) is 0 Å². The number of carboxylic acids is 3. The van der Waals surface area contributed by atoms with E-state index in [1.54, 1.807) is 19.6 Å². The predicted molar refractivity (Wildman–Crippen MR) is 97.9 cm³/mol. The Bertz CT molecular complexity index is 454. The van der Waals surface area contributed by atoms with E-state index < -0.39 is 23.8 Å². The van der Waals surface area contributed by atoms with Gasteiger partial charge in [-0.05, 0) is 0 Å². The number of carbonyl (C=O) groups is 4. The number of aliphatic carboxylic acids is 3. The van der Waals surface area contributed by atoms with Gasteiger partial charge in [0.25, 0.3) is 0 Å². The van der Waals surface area contributed by atoms with Crippen molar-refractivity contribution >= 4 is 23.8 Å². The van der Waals surface area contributed by atoms with E-state index >= 15 is 0 Å². The van der Waals surface area contributed by atoms with Crippen LogP contribution in [-0.4, -0.2) is 137 Å². The Hall–Kier alpha value is -0.955. The zero-order valence-corrected chi connectivity index (χ0v) is 18.4. The summed E-state index contributed by atoms with van der Waals surface area (Å²) >= 11 is 0. The van der Waals surface area contributed by atoms with E-state index in [2.05, 4.69) is 0 Å². The molecule has 1 rings (SSSR count). The van der Waals surface area contributed by atoms with Crippen molar-refractivity contribution in [2.24, 2.45) is 5.73 Å². The molecule has 1 aliphatic rings. The fourth-order valence-electron chi connectivity index (χ4n) is 3.01. The molecular weight excluding hydrogens is 531 g/mol. The summed E-state index contributed by atoms with van der Waals surface area (Å²) in [5.41, 5.74) is 5.28. The number of amides is 1. The molecule has 13 heteroatoms. The molecule has 0 aromatic heterocycles. The molecule has 12 nitrogen and oxygen atoms in total. The smallest absolute Gasteiger partial charge is 0.317 e. The van der Waals surface area contributed by atoms with Crippen LogP contribution in [0.2, 0.25) is 0 Å². The van der Waals surface area contributed by atoms with Gasteiger partial charge in [-0.1, -0.05) is 0 Å². The van der Waals surface area contributed by atoms with Gasteiger partial charge in [0.2, 0.25) is 5.91 Å². The first-order valence-corrected chi connectivity index (χ1v) is 8.98. The second-order valence-corrected chi connectivity index (χ2v) is 6.75. The molecule has 0 aromatic carbocycles. The minimum absolute atomic E-state index is 0. The molecular formula is C16H29GdN5O7. The van der Waals surface area contributed by atoms with Gasteiger partial charge < -0.3 is 21.1 Å². The Morgan fingerprint density at radius 2 is 0.759 bits per heavy atom. The van der Waals surface area contributed by atoms with Crippen LogP contribution in [0.4, 0.5) is 0 Å². The van der Waals surface area contributed by atoms with Crippen LogP contribution in [0.3, 0.4) is 0 Å². The molecule has 1 fully saturated rings. The summed E-state index contributed by atoms with van der Waals surface area (Å²) in [5, 5.41) is 27.3. The van der Waals surface area contributed by atoms with Gasteiger partial charge in [-0.2, -0.15) is 0 Å². The van der Waals surface area contributed by atoms with Crippen molar-refractivity contribution in [1.29, 1.82) is 0 Å². The van der Waals surface area contributed by atoms with E-state index in [0.717, 1.165) is 0 Å². The Balaban J connectivity index is 0.00000784. The summed E-state index contributed by atoms with van der Waals surface area (Å²) in [7, 11) is 0. The van der Waals surface area contributed by atoms with E-state index in [0.29, 0.717) is 52.4 Å². The molecule has 1 saturated heterocycles. The number of nitrogens with two attached hydrogens (primary N) is 1. The van der Waals surface area contributed by atoms with E-state index in [1.807, 2.05) is 0 Å². The molecule has 29 heavy (non-hydrogen) atoms. The topological polar surface area (TPSA) is 168 Å². The SMILES string of the molecule is NC(=O)CN1CCN(CC(=O)O)CCN(CC(=O)O)CCN(CC(=O)O)CC1.[Gd]. The Kier molecular flexibility index (Phi) is 14.4. The molecule has 0 spiro atoms. The van der Waals surface area contributed by atoms with Crippen LogP contribution >= 0.6 is 0 Å². The Morgan fingerprint density at radius 3 is 0.931 bits per heavy atom. The number of hydrogen-bond donors (Lipinski definition) is 4. The van der Waals surface area contributed by atoms with Crippen molar-refractivity contribution in [2.45, 2.75) is 0 Å². The summed E-state index contributed by atoms with van der Waals surface area (Å²) in [4.78, 5) is 51.4. The maximum Gasteiger partial charge on any atom is 0.317 e. The zero-order valence-electron chi connectivity index (χ0n) is 16.2. The first-order chi connectivity index (χ1) is 13.2. The zero-order chi connectivity index (χ0) is 21.1. The standard InChI is InChI=1S/C16H29N5O7.Gd/c17-13(22)9-18-1-3-19(10-14(23)24)5-7-21(12-16(27)28)8-6-20(4-2-18)11-15(25)26;/h1-12H2,(H2,17,22)(H,23,24)(H,25,26)(H,27,28);. The second-order valence-electron chi connectivity index (χ2n) is 6.75. The molecule has 0 radical (unpaired) electrons. The Morgan fingerprint density at radius 1 is 0.552 bits per heavy atom. The Labute approximate surface area is 201 Å². The van der Waals surface area contributed by atoms with E-state index in [9.17, 15) is 19.2 Å². The third-order valence-corrected chi connectivity index (χ3v) is 4.39.